The molecule has 3 N–H and O–H groups in total. The van der Waals surface area contributed by atoms with Crippen LogP contribution in [-0.4, -0.2) is 41.0 Å². The number of hydrogen-bond acceptors (Lipinski definition) is 3. The van der Waals surface area contributed by atoms with Gasteiger partial charge in [-0.05, 0) is 43.9 Å². The van der Waals surface area contributed by atoms with Crippen molar-refractivity contribution in [1.82, 2.24) is 9.80 Å². The molecule has 1 heterocycles. The molecule has 2 aromatic carbocycles. The summed E-state index contributed by atoms with van der Waals surface area (Å²) in [6.07, 6.45) is -0.705. The lowest BCUT2D eigenvalue weighted by Crippen LogP contribution is -2.70. The smallest absolute Gasteiger partial charge is 0.416 e. The van der Waals surface area contributed by atoms with Crippen molar-refractivity contribution in [3.8, 4) is 0 Å². The molecule has 1 atom stereocenters. The third kappa shape index (κ3) is 6.71. The van der Waals surface area contributed by atoms with E-state index in [1.54, 1.807) is 4.90 Å². The fraction of sp³-hybridized carbons (Fsp3) is 0.480. The van der Waals surface area contributed by atoms with Gasteiger partial charge in [-0.3, -0.25) is 0 Å². The van der Waals surface area contributed by atoms with Crippen LogP contribution in [0.2, 0.25) is 0 Å². The highest BCUT2D eigenvalue weighted by molar-refractivity contribution is 5.92. The quantitative estimate of drug-likeness (QED) is 0.410. The third-order valence-corrected chi connectivity index (χ3v) is 6.47. The van der Waals surface area contributed by atoms with Gasteiger partial charge in [-0.2, -0.15) is 13.2 Å². The van der Waals surface area contributed by atoms with E-state index in [-0.39, 0.29) is 17.4 Å². The number of nitrogens with two attached hydrogens (primary N) is 1. The Morgan fingerprint density at radius 1 is 1.21 bits per heavy atom. The predicted molar refractivity (Wildman–Crippen MR) is 126 cm³/mol. The van der Waals surface area contributed by atoms with Crippen LogP contribution < -0.4 is 10.8 Å². The van der Waals surface area contributed by atoms with Crippen molar-refractivity contribution in [3.05, 3.63) is 64.9 Å². The maximum atomic E-state index is 13.3. The maximum Gasteiger partial charge on any atom is 0.416 e. The summed E-state index contributed by atoms with van der Waals surface area (Å²) in [5.74, 6) is 0. The van der Waals surface area contributed by atoms with E-state index in [4.69, 9.17) is 0 Å². The first-order valence-electron chi connectivity index (χ1n) is 11.7. The molecule has 1 saturated heterocycles. The molecular weight excluding hydrogens is 445 g/mol. The fourth-order valence-corrected chi connectivity index (χ4v) is 4.52. The molecule has 34 heavy (non-hydrogen) atoms. The van der Waals surface area contributed by atoms with E-state index in [9.17, 15) is 23.2 Å². The summed E-state index contributed by atoms with van der Waals surface area (Å²) in [5, 5.41) is 14.2. The van der Waals surface area contributed by atoms with Gasteiger partial charge in [-0.15, -0.1) is 0 Å². The Kier molecular flexibility index (Phi) is 8.93. The average Bonchev–Trinajstić information content (AvgIpc) is 2.83. The molecule has 0 saturated carbocycles. The molecule has 1 aliphatic heterocycles. The Labute approximate surface area is 198 Å². The van der Waals surface area contributed by atoms with Gasteiger partial charge in [0.2, 0.25) is 0 Å². The van der Waals surface area contributed by atoms with Crippen molar-refractivity contribution in [2.45, 2.75) is 64.3 Å². The second-order valence-electron chi connectivity index (χ2n) is 8.87. The van der Waals surface area contributed by atoms with Crippen molar-refractivity contribution in [3.63, 3.8) is 0 Å². The highest BCUT2D eigenvalue weighted by Gasteiger charge is 2.33. The number of alkyl halides is 3. The number of urea groups is 1. The summed E-state index contributed by atoms with van der Waals surface area (Å²) in [7, 11) is 0. The van der Waals surface area contributed by atoms with Crippen LogP contribution in [0.25, 0.3) is 0 Å². The Morgan fingerprint density at radius 2 is 1.88 bits per heavy atom. The number of amides is 2. The zero-order valence-corrected chi connectivity index (χ0v) is 19.6. The standard InChI is InChI=1S/C25H33F3N4O2/c1-3-7-18(2)31-14-12-21(13-15-31)32(17-19-8-5-4-6-9-19)24(33)29-22-11-10-20(25(26,27)28)16-23(22)30-34/h4-6,8-11,16,18,21H,3,7,12-15,17,30H2,1-2H3,(H,29,33). The lowest BCUT2D eigenvalue weighted by molar-refractivity contribution is -0.496. The summed E-state index contributed by atoms with van der Waals surface area (Å²) in [6.45, 7) is 6.53. The van der Waals surface area contributed by atoms with Crippen molar-refractivity contribution in [2.75, 3.05) is 18.4 Å². The highest BCUT2D eigenvalue weighted by Crippen LogP contribution is 2.33. The minimum absolute atomic E-state index is 0.0144. The van der Waals surface area contributed by atoms with Crippen LogP contribution >= 0.6 is 0 Å². The molecule has 3 rings (SSSR count). The Bertz CT molecular complexity index is 932. The number of quaternary nitrogens is 1. The minimum atomic E-state index is -4.57. The SMILES string of the molecule is CCCC(C)N1CCC(N(Cc2ccccc2)C(=O)Nc2ccc(C(F)(F)F)cc2[NH2+][O-])CC1. The molecule has 0 radical (unpaired) electrons. The van der Waals surface area contributed by atoms with Gasteiger partial charge in [-0.1, -0.05) is 43.7 Å². The first-order chi connectivity index (χ1) is 16.2. The maximum absolute atomic E-state index is 13.3. The number of likely N-dealkylation sites (tertiary alicyclic amines) is 1. The summed E-state index contributed by atoms with van der Waals surface area (Å²) in [5.41, 5.74) is 0.232. The van der Waals surface area contributed by atoms with Gasteiger partial charge in [0.15, 0.2) is 5.69 Å². The molecule has 1 unspecified atom stereocenters. The van der Waals surface area contributed by atoms with Gasteiger partial charge >= 0.3 is 12.2 Å². The first-order valence-corrected chi connectivity index (χ1v) is 11.7. The molecule has 9 heteroatoms. The summed E-state index contributed by atoms with van der Waals surface area (Å²) in [4.78, 5) is 17.5. The van der Waals surface area contributed by atoms with E-state index in [0.717, 1.165) is 62.5 Å². The number of nitrogens with one attached hydrogen (secondary N) is 1. The Hall–Kier alpha value is -2.62. The number of carbonyl (C=O) groups is 1. The van der Waals surface area contributed by atoms with Crippen molar-refractivity contribution >= 4 is 17.4 Å². The molecule has 186 valence electrons. The van der Waals surface area contributed by atoms with Crippen LogP contribution in [0.4, 0.5) is 29.3 Å². The van der Waals surface area contributed by atoms with E-state index in [1.165, 1.54) is 0 Å². The average molecular weight is 479 g/mol. The molecule has 6 nitrogen and oxygen atoms in total. The summed E-state index contributed by atoms with van der Waals surface area (Å²) < 4.78 is 39.1. The van der Waals surface area contributed by atoms with Gasteiger partial charge in [0.05, 0.1) is 5.56 Å². The molecule has 0 aliphatic carbocycles. The number of rotatable bonds is 8. The number of nitrogens with zero attached hydrogens (tertiary/aromatic N) is 2. The van der Waals surface area contributed by atoms with Gasteiger partial charge in [0.25, 0.3) is 0 Å². The van der Waals surface area contributed by atoms with Crippen LogP contribution in [-0.2, 0) is 12.7 Å². The number of hydrogen-bond donors (Lipinski definition) is 2. The van der Waals surface area contributed by atoms with E-state index >= 15 is 0 Å². The van der Waals surface area contributed by atoms with Gasteiger partial charge in [0.1, 0.15) is 5.69 Å². The van der Waals surface area contributed by atoms with Crippen LogP contribution in [0, 0.1) is 5.21 Å². The van der Waals surface area contributed by atoms with Crippen LogP contribution in [0.5, 0.6) is 0 Å². The fourth-order valence-electron chi connectivity index (χ4n) is 4.52. The minimum Gasteiger partial charge on any atom is -0.630 e. The zero-order valence-electron chi connectivity index (χ0n) is 19.6. The lowest BCUT2D eigenvalue weighted by atomic mass is 10.00. The molecule has 0 bridgehead atoms. The number of piperidine rings is 1. The number of anilines is 1. The summed E-state index contributed by atoms with van der Waals surface area (Å²) >= 11 is 0. The molecule has 0 aromatic heterocycles. The van der Waals surface area contributed by atoms with Crippen molar-refractivity contribution < 1.29 is 23.4 Å². The van der Waals surface area contributed by atoms with E-state index in [2.05, 4.69) is 24.1 Å². The topological polar surface area (TPSA) is 75.2 Å². The number of benzene rings is 2. The normalized spacial score (nSPS) is 16.3. The predicted octanol–water partition coefficient (Wildman–Crippen LogP) is 5.09. The van der Waals surface area contributed by atoms with E-state index in [1.807, 2.05) is 30.3 Å². The molecule has 0 spiro atoms. The first kappa shape index (κ1) is 26.0. The lowest BCUT2D eigenvalue weighted by Gasteiger charge is -2.40. The van der Waals surface area contributed by atoms with E-state index in [0.29, 0.717) is 18.1 Å². The molecule has 2 amide bonds. The van der Waals surface area contributed by atoms with Gasteiger partial charge < -0.3 is 25.8 Å². The second kappa shape index (κ2) is 11.7. The van der Waals surface area contributed by atoms with Crippen LogP contribution in [0.3, 0.4) is 0 Å². The molecule has 1 aliphatic rings. The highest BCUT2D eigenvalue weighted by atomic mass is 19.4. The van der Waals surface area contributed by atoms with Crippen molar-refractivity contribution in [2.24, 2.45) is 0 Å². The monoisotopic (exact) mass is 478 g/mol. The molecule has 2 aromatic rings. The Morgan fingerprint density at radius 3 is 2.47 bits per heavy atom. The zero-order chi connectivity index (χ0) is 24.7. The largest absolute Gasteiger partial charge is 0.630 e. The molecular formula is C25H33F3N4O2. The van der Waals surface area contributed by atoms with Gasteiger partial charge in [0, 0.05) is 37.8 Å². The number of carbonyl (C=O) groups excluding carboxylic acids is 1. The molecule has 1 fully saturated rings. The summed E-state index contributed by atoms with van der Waals surface area (Å²) in [6, 6.07) is 12.4. The Balaban J connectivity index is 1.78. The second-order valence-corrected chi connectivity index (χ2v) is 8.87. The third-order valence-electron chi connectivity index (χ3n) is 6.47. The number of halogens is 3. The van der Waals surface area contributed by atoms with Crippen molar-refractivity contribution in [1.29, 1.82) is 0 Å². The van der Waals surface area contributed by atoms with Gasteiger partial charge in [-0.25, -0.2) is 4.79 Å². The van der Waals surface area contributed by atoms with E-state index < -0.39 is 17.8 Å². The van der Waals surface area contributed by atoms with Crippen LogP contribution in [0.15, 0.2) is 48.5 Å². The van der Waals surface area contributed by atoms with Crippen LogP contribution in [0.1, 0.15) is 50.7 Å².